The van der Waals surface area contributed by atoms with Crippen LogP contribution in [0.15, 0.2) is 24.3 Å². The highest BCUT2D eigenvalue weighted by molar-refractivity contribution is 5.94. The van der Waals surface area contributed by atoms with Crippen LogP contribution in [-0.4, -0.2) is 25.0 Å². The van der Waals surface area contributed by atoms with E-state index in [1.807, 2.05) is 20.8 Å². The lowest BCUT2D eigenvalue weighted by molar-refractivity contribution is -0.117. The topological polar surface area (TPSA) is 32.3 Å². The molecule has 3 nitrogen and oxygen atoms in total. The molecule has 1 aromatic carbocycles. The molecule has 0 aliphatic heterocycles. The van der Waals surface area contributed by atoms with Crippen molar-refractivity contribution in [2.45, 2.75) is 26.8 Å². The minimum absolute atomic E-state index is 0.00666. The third-order valence-corrected chi connectivity index (χ3v) is 2.42. The first kappa shape index (κ1) is 13.6. The van der Waals surface area contributed by atoms with Crippen LogP contribution in [0.3, 0.4) is 0 Å². The molecule has 0 atom stereocenters. The quantitative estimate of drug-likeness (QED) is 0.852. The van der Waals surface area contributed by atoms with Gasteiger partial charge in [0.2, 0.25) is 5.91 Å². The third kappa shape index (κ3) is 4.15. The number of rotatable bonds is 5. The lowest BCUT2D eigenvalue weighted by atomic mass is 10.2. The van der Waals surface area contributed by atoms with Gasteiger partial charge in [-0.3, -0.25) is 4.79 Å². The van der Waals surface area contributed by atoms with Gasteiger partial charge in [0.25, 0.3) is 0 Å². The lowest BCUT2D eigenvalue weighted by Crippen LogP contribution is -2.40. The van der Waals surface area contributed by atoms with E-state index < -0.39 is 0 Å². The van der Waals surface area contributed by atoms with Crippen molar-refractivity contribution in [1.29, 1.82) is 0 Å². The number of benzene rings is 1. The Morgan fingerprint density at radius 3 is 2.41 bits per heavy atom. The summed E-state index contributed by atoms with van der Waals surface area (Å²) in [5.41, 5.74) is 0.726. The van der Waals surface area contributed by atoms with E-state index in [2.05, 4.69) is 5.32 Å². The number of carbonyl (C=O) groups is 1. The van der Waals surface area contributed by atoms with Crippen LogP contribution in [0.1, 0.15) is 20.8 Å². The van der Waals surface area contributed by atoms with Gasteiger partial charge in [-0.25, -0.2) is 4.39 Å². The second kappa shape index (κ2) is 6.35. The number of halogens is 1. The molecule has 0 radical (unpaired) electrons. The third-order valence-electron chi connectivity index (χ3n) is 2.42. The van der Waals surface area contributed by atoms with Crippen molar-refractivity contribution in [3.63, 3.8) is 0 Å². The van der Waals surface area contributed by atoms with Gasteiger partial charge in [-0.05, 0) is 31.2 Å². The number of hydrogen-bond donors (Lipinski definition) is 1. The van der Waals surface area contributed by atoms with Gasteiger partial charge in [-0.15, -0.1) is 0 Å². The number of hydrogen-bond acceptors (Lipinski definition) is 2. The predicted molar refractivity (Wildman–Crippen MR) is 67.6 cm³/mol. The first-order valence-corrected chi connectivity index (χ1v) is 5.84. The summed E-state index contributed by atoms with van der Waals surface area (Å²) in [4.78, 5) is 13.6. The van der Waals surface area contributed by atoms with E-state index in [0.717, 1.165) is 5.69 Å². The molecule has 0 saturated heterocycles. The van der Waals surface area contributed by atoms with Crippen LogP contribution in [0.5, 0.6) is 0 Å². The van der Waals surface area contributed by atoms with Crippen molar-refractivity contribution >= 4 is 11.6 Å². The Balaban J connectivity index is 2.70. The molecule has 1 rings (SSSR count). The standard InChI is InChI=1S/C13H19FN2O/c1-4-16(13(17)9-15-10(2)3)12-7-5-11(14)6-8-12/h5-8,10,15H,4,9H2,1-3H3. The van der Waals surface area contributed by atoms with Crippen molar-refractivity contribution in [3.05, 3.63) is 30.1 Å². The molecule has 0 aromatic heterocycles. The molecule has 1 amide bonds. The average molecular weight is 238 g/mol. The number of anilines is 1. The largest absolute Gasteiger partial charge is 0.312 e. The van der Waals surface area contributed by atoms with E-state index in [4.69, 9.17) is 0 Å². The van der Waals surface area contributed by atoms with Crippen LogP contribution in [0, 0.1) is 5.82 Å². The highest BCUT2D eigenvalue weighted by Gasteiger charge is 2.13. The highest BCUT2D eigenvalue weighted by atomic mass is 19.1. The van der Waals surface area contributed by atoms with Crippen LogP contribution < -0.4 is 10.2 Å². The van der Waals surface area contributed by atoms with Crippen LogP contribution in [0.2, 0.25) is 0 Å². The number of likely N-dealkylation sites (N-methyl/N-ethyl adjacent to an activating group) is 1. The lowest BCUT2D eigenvalue weighted by Gasteiger charge is -2.22. The molecule has 94 valence electrons. The smallest absolute Gasteiger partial charge is 0.240 e. The highest BCUT2D eigenvalue weighted by Crippen LogP contribution is 2.14. The van der Waals surface area contributed by atoms with E-state index in [-0.39, 0.29) is 17.8 Å². The fourth-order valence-corrected chi connectivity index (χ4v) is 1.51. The van der Waals surface area contributed by atoms with Gasteiger partial charge in [0.05, 0.1) is 6.54 Å². The van der Waals surface area contributed by atoms with Crippen LogP contribution in [-0.2, 0) is 4.79 Å². The molecule has 1 N–H and O–H groups in total. The zero-order chi connectivity index (χ0) is 12.8. The Bertz CT molecular complexity index is 362. The molecule has 17 heavy (non-hydrogen) atoms. The fourth-order valence-electron chi connectivity index (χ4n) is 1.51. The molecular formula is C13H19FN2O. The maximum atomic E-state index is 12.8. The SMILES string of the molecule is CCN(C(=O)CNC(C)C)c1ccc(F)cc1. The molecule has 0 unspecified atom stereocenters. The summed E-state index contributed by atoms with van der Waals surface area (Å²) in [6, 6.07) is 6.23. The van der Waals surface area contributed by atoms with Gasteiger partial charge >= 0.3 is 0 Å². The van der Waals surface area contributed by atoms with Crippen molar-refractivity contribution in [1.82, 2.24) is 5.32 Å². The van der Waals surface area contributed by atoms with Crippen molar-refractivity contribution in [3.8, 4) is 0 Å². The van der Waals surface area contributed by atoms with Crippen LogP contribution in [0.25, 0.3) is 0 Å². The molecule has 0 bridgehead atoms. The Morgan fingerprint density at radius 2 is 1.94 bits per heavy atom. The minimum Gasteiger partial charge on any atom is -0.312 e. The number of carbonyl (C=O) groups excluding carboxylic acids is 1. The normalized spacial score (nSPS) is 10.6. The summed E-state index contributed by atoms with van der Waals surface area (Å²) in [6.07, 6.45) is 0. The molecule has 0 fully saturated rings. The summed E-state index contributed by atoms with van der Waals surface area (Å²) in [6.45, 7) is 6.74. The second-order valence-electron chi connectivity index (χ2n) is 4.15. The van der Waals surface area contributed by atoms with Crippen LogP contribution in [0.4, 0.5) is 10.1 Å². The maximum absolute atomic E-state index is 12.8. The zero-order valence-electron chi connectivity index (χ0n) is 10.5. The first-order chi connectivity index (χ1) is 8.04. The van der Waals surface area contributed by atoms with Crippen LogP contribution >= 0.6 is 0 Å². The Hall–Kier alpha value is -1.42. The molecule has 0 spiro atoms. The van der Waals surface area contributed by atoms with Crippen molar-refractivity contribution in [2.75, 3.05) is 18.0 Å². The molecule has 0 aliphatic carbocycles. The first-order valence-electron chi connectivity index (χ1n) is 5.84. The van der Waals surface area contributed by atoms with E-state index in [9.17, 15) is 9.18 Å². The number of nitrogens with zero attached hydrogens (tertiary/aromatic N) is 1. The van der Waals surface area contributed by atoms with Gasteiger partial charge in [0, 0.05) is 18.3 Å². The molecule has 0 heterocycles. The zero-order valence-corrected chi connectivity index (χ0v) is 10.5. The average Bonchev–Trinajstić information content (AvgIpc) is 2.30. The monoisotopic (exact) mass is 238 g/mol. The Morgan fingerprint density at radius 1 is 1.35 bits per heavy atom. The van der Waals surface area contributed by atoms with Gasteiger partial charge in [-0.2, -0.15) is 0 Å². The number of nitrogens with one attached hydrogen (secondary N) is 1. The molecule has 1 aromatic rings. The Kier molecular flexibility index (Phi) is 5.10. The van der Waals surface area contributed by atoms with E-state index in [1.54, 1.807) is 17.0 Å². The van der Waals surface area contributed by atoms with Gasteiger partial charge in [0.15, 0.2) is 0 Å². The van der Waals surface area contributed by atoms with Crippen molar-refractivity contribution < 1.29 is 9.18 Å². The summed E-state index contributed by atoms with van der Waals surface area (Å²) in [5.74, 6) is -0.301. The summed E-state index contributed by atoms with van der Waals surface area (Å²) < 4.78 is 12.8. The summed E-state index contributed by atoms with van der Waals surface area (Å²) >= 11 is 0. The molecule has 4 heteroatoms. The fraction of sp³-hybridized carbons (Fsp3) is 0.462. The number of amides is 1. The molecular weight excluding hydrogens is 219 g/mol. The van der Waals surface area contributed by atoms with Gasteiger partial charge in [0.1, 0.15) is 5.82 Å². The maximum Gasteiger partial charge on any atom is 0.240 e. The Labute approximate surface area is 102 Å². The summed E-state index contributed by atoms with van der Waals surface area (Å²) in [5, 5.41) is 3.08. The second-order valence-corrected chi connectivity index (χ2v) is 4.15. The molecule has 0 aliphatic rings. The van der Waals surface area contributed by atoms with Crippen molar-refractivity contribution in [2.24, 2.45) is 0 Å². The molecule has 0 saturated carbocycles. The van der Waals surface area contributed by atoms with E-state index in [1.165, 1.54) is 12.1 Å². The summed E-state index contributed by atoms with van der Waals surface area (Å²) in [7, 11) is 0. The minimum atomic E-state index is -0.294. The van der Waals surface area contributed by atoms with E-state index >= 15 is 0 Å². The van der Waals surface area contributed by atoms with Gasteiger partial charge < -0.3 is 10.2 Å². The van der Waals surface area contributed by atoms with E-state index in [0.29, 0.717) is 13.1 Å². The van der Waals surface area contributed by atoms with Gasteiger partial charge in [-0.1, -0.05) is 13.8 Å². The predicted octanol–water partition coefficient (Wildman–Crippen LogP) is 2.18.